The number of aliphatic carboxylic acids is 1. The van der Waals surface area contributed by atoms with Crippen molar-refractivity contribution < 1.29 is 24.5 Å². The summed E-state index contributed by atoms with van der Waals surface area (Å²) in [7, 11) is 0. The van der Waals surface area contributed by atoms with Gasteiger partial charge in [0.1, 0.15) is 5.75 Å². The molecule has 0 aromatic heterocycles. The minimum atomic E-state index is -1.06. The van der Waals surface area contributed by atoms with Crippen molar-refractivity contribution in [3.8, 4) is 5.75 Å². The Morgan fingerprint density at radius 3 is 2.42 bits per heavy atom. The Balaban J connectivity index is 2.36. The van der Waals surface area contributed by atoms with E-state index in [0.717, 1.165) is 11.3 Å². The lowest BCUT2D eigenvalue weighted by molar-refractivity contribution is -0.138. The van der Waals surface area contributed by atoms with Crippen LogP contribution in [0.15, 0.2) is 42.5 Å². The molecule has 2 aromatic carbocycles. The van der Waals surface area contributed by atoms with Gasteiger partial charge in [0, 0.05) is 0 Å². The van der Waals surface area contributed by atoms with Gasteiger partial charge >= 0.3 is 11.9 Å². The molecule has 0 amide bonds. The molecule has 2 rings (SSSR count). The van der Waals surface area contributed by atoms with Crippen LogP contribution in [-0.4, -0.2) is 28.8 Å². The average molecular weight is 328 g/mol. The number of ether oxygens (including phenoxy) is 1. The molecule has 0 bridgehead atoms. The van der Waals surface area contributed by atoms with E-state index < -0.39 is 17.9 Å². The Kier molecular flexibility index (Phi) is 5.58. The van der Waals surface area contributed by atoms with Crippen molar-refractivity contribution in [2.24, 2.45) is 0 Å². The summed E-state index contributed by atoms with van der Waals surface area (Å²) < 4.78 is 5.48. The van der Waals surface area contributed by atoms with Gasteiger partial charge in [-0.05, 0) is 49.1 Å². The van der Waals surface area contributed by atoms with Gasteiger partial charge < -0.3 is 14.9 Å². The van der Waals surface area contributed by atoms with E-state index in [1.165, 1.54) is 6.07 Å². The smallest absolute Gasteiger partial charge is 0.335 e. The van der Waals surface area contributed by atoms with Gasteiger partial charge in [-0.3, -0.25) is 4.79 Å². The van der Waals surface area contributed by atoms with Crippen LogP contribution >= 0.6 is 0 Å². The molecule has 0 aliphatic rings. The molecule has 2 N–H and O–H groups in total. The maximum Gasteiger partial charge on any atom is 0.335 e. The quantitative estimate of drug-likeness (QED) is 0.812. The average Bonchev–Trinajstić information content (AvgIpc) is 2.54. The van der Waals surface area contributed by atoms with Crippen molar-refractivity contribution >= 4 is 11.9 Å². The summed E-state index contributed by atoms with van der Waals surface area (Å²) in [5.74, 6) is -2.15. The molecule has 5 heteroatoms. The van der Waals surface area contributed by atoms with Crippen molar-refractivity contribution in [3.63, 3.8) is 0 Å². The van der Waals surface area contributed by atoms with E-state index in [0.29, 0.717) is 17.7 Å². The Labute approximate surface area is 140 Å². The number of aryl methyl sites for hydroxylation is 1. The van der Waals surface area contributed by atoms with E-state index in [-0.39, 0.29) is 12.0 Å². The fraction of sp³-hybridized carbons (Fsp3) is 0.263. The first-order chi connectivity index (χ1) is 11.4. The number of carbonyl (C=O) groups is 2. The summed E-state index contributed by atoms with van der Waals surface area (Å²) in [6.07, 6.45) is 0.116. The van der Waals surface area contributed by atoms with Crippen molar-refractivity contribution in [1.82, 2.24) is 0 Å². The highest BCUT2D eigenvalue weighted by atomic mass is 16.5. The monoisotopic (exact) mass is 328 g/mol. The highest BCUT2D eigenvalue weighted by Crippen LogP contribution is 2.28. The predicted octanol–water partition coefficient (Wildman–Crippen LogP) is 3.50. The molecule has 0 heterocycles. The number of hydrogen-bond acceptors (Lipinski definition) is 3. The van der Waals surface area contributed by atoms with Crippen molar-refractivity contribution in [1.29, 1.82) is 0 Å². The Hall–Kier alpha value is -2.82. The number of benzene rings is 2. The van der Waals surface area contributed by atoms with Gasteiger partial charge in [0.15, 0.2) is 0 Å². The lowest BCUT2D eigenvalue weighted by Gasteiger charge is -2.16. The van der Waals surface area contributed by atoms with E-state index in [2.05, 4.69) is 0 Å². The maximum atomic E-state index is 11.7. The lowest BCUT2D eigenvalue weighted by atomic mass is 9.89. The second-order valence-electron chi connectivity index (χ2n) is 5.52. The molecular weight excluding hydrogens is 308 g/mol. The first-order valence-electron chi connectivity index (χ1n) is 7.71. The molecule has 24 heavy (non-hydrogen) atoms. The summed E-state index contributed by atoms with van der Waals surface area (Å²) in [6.45, 7) is 4.28. The first-order valence-corrected chi connectivity index (χ1v) is 7.71. The standard InChI is InChI=1S/C19H20O5/c1-3-24-17-9-8-14(10-12(17)2)16(19(22)23)11-13-6-4-5-7-15(13)18(20)21/h4-10,16H,3,11H2,1-2H3,(H,20,21)(H,22,23). The minimum Gasteiger partial charge on any atom is -0.494 e. The topological polar surface area (TPSA) is 83.8 Å². The molecule has 1 atom stereocenters. The third-order valence-electron chi connectivity index (χ3n) is 3.87. The molecule has 0 saturated carbocycles. The molecule has 0 radical (unpaired) electrons. The van der Waals surface area contributed by atoms with E-state index in [9.17, 15) is 19.8 Å². The molecule has 0 saturated heterocycles. The summed E-state index contributed by atoms with van der Waals surface area (Å²) in [5.41, 5.74) is 2.12. The molecule has 2 aromatic rings. The number of rotatable bonds is 7. The number of hydrogen-bond donors (Lipinski definition) is 2. The third kappa shape index (κ3) is 3.93. The van der Waals surface area contributed by atoms with Crippen LogP contribution in [-0.2, 0) is 11.2 Å². The third-order valence-corrected chi connectivity index (χ3v) is 3.87. The number of aromatic carboxylic acids is 1. The van der Waals surface area contributed by atoms with E-state index in [4.69, 9.17) is 4.74 Å². The Morgan fingerprint density at radius 1 is 1.12 bits per heavy atom. The predicted molar refractivity (Wildman–Crippen MR) is 89.8 cm³/mol. The van der Waals surface area contributed by atoms with Gasteiger partial charge in [0.05, 0.1) is 18.1 Å². The fourth-order valence-corrected chi connectivity index (χ4v) is 2.68. The van der Waals surface area contributed by atoms with Crippen LogP contribution in [0, 0.1) is 6.92 Å². The zero-order valence-corrected chi connectivity index (χ0v) is 13.7. The molecule has 0 aliphatic heterocycles. The minimum absolute atomic E-state index is 0.116. The van der Waals surface area contributed by atoms with Crippen LogP contribution in [0.4, 0.5) is 0 Å². The molecule has 0 spiro atoms. The zero-order valence-electron chi connectivity index (χ0n) is 13.7. The highest BCUT2D eigenvalue weighted by molar-refractivity contribution is 5.89. The lowest BCUT2D eigenvalue weighted by Crippen LogP contribution is -2.16. The highest BCUT2D eigenvalue weighted by Gasteiger charge is 2.23. The molecule has 5 nitrogen and oxygen atoms in total. The van der Waals surface area contributed by atoms with E-state index in [1.54, 1.807) is 36.4 Å². The van der Waals surface area contributed by atoms with Gasteiger partial charge in [-0.1, -0.05) is 30.3 Å². The fourth-order valence-electron chi connectivity index (χ4n) is 2.68. The summed E-state index contributed by atoms with van der Waals surface area (Å²) in [6, 6.07) is 11.7. The molecule has 0 fully saturated rings. The van der Waals surface area contributed by atoms with Crippen LogP contribution in [0.25, 0.3) is 0 Å². The zero-order chi connectivity index (χ0) is 17.7. The molecule has 126 valence electrons. The summed E-state index contributed by atoms with van der Waals surface area (Å²) >= 11 is 0. The summed E-state index contributed by atoms with van der Waals surface area (Å²) in [5, 5.41) is 18.9. The van der Waals surface area contributed by atoms with Gasteiger partial charge in [-0.2, -0.15) is 0 Å². The maximum absolute atomic E-state index is 11.7. The molecular formula is C19H20O5. The van der Waals surface area contributed by atoms with Crippen LogP contribution in [0.1, 0.15) is 39.9 Å². The Bertz CT molecular complexity index is 751. The first kappa shape index (κ1) is 17.5. The Morgan fingerprint density at radius 2 is 1.83 bits per heavy atom. The largest absolute Gasteiger partial charge is 0.494 e. The number of carboxylic acid groups (broad SMARTS) is 2. The van der Waals surface area contributed by atoms with Gasteiger partial charge in [-0.25, -0.2) is 4.79 Å². The second-order valence-corrected chi connectivity index (χ2v) is 5.52. The van der Waals surface area contributed by atoms with Gasteiger partial charge in [-0.15, -0.1) is 0 Å². The SMILES string of the molecule is CCOc1ccc(C(Cc2ccccc2C(=O)O)C(=O)O)cc1C. The van der Waals surface area contributed by atoms with Crippen LogP contribution < -0.4 is 4.74 Å². The molecule has 1 unspecified atom stereocenters. The van der Waals surface area contributed by atoms with Gasteiger partial charge in [0.2, 0.25) is 0 Å². The van der Waals surface area contributed by atoms with Crippen molar-refractivity contribution in [2.45, 2.75) is 26.2 Å². The number of carboxylic acids is 2. The second kappa shape index (κ2) is 7.64. The van der Waals surface area contributed by atoms with Crippen LogP contribution in [0.2, 0.25) is 0 Å². The normalized spacial score (nSPS) is 11.8. The summed E-state index contributed by atoms with van der Waals surface area (Å²) in [4.78, 5) is 23.0. The van der Waals surface area contributed by atoms with Gasteiger partial charge in [0.25, 0.3) is 0 Å². The van der Waals surface area contributed by atoms with Crippen LogP contribution in [0.5, 0.6) is 5.75 Å². The van der Waals surface area contributed by atoms with Crippen molar-refractivity contribution in [2.75, 3.05) is 6.61 Å². The van der Waals surface area contributed by atoms with E-state index >= 15 is 0 Å². The molecule has 0 aliphatic carbocycles. The van der Waals surface area contributed by atoms with Crippen molar-refractivity contribution in [3.05, 3.63) is 64.7 Å². The van der Waals surface area contributed by atoms with Crippen LogP contribution in [0.3, 0.4) is 0 Å². The van der Waals surface area contributed by atoms with E-state index in [1.807, 2.05) is 13.8 Å².